The Hall–Kier alpha value is -5.71. The summed E-state index contributed by atoms with van der Waals surface area (Å²) >= 11 is 1.85. The number of oxazole rings is 1. The van der Waals surface area contributed by atoms with Crippen LogP contribution in [-0.4, -0.2) is 4.98 Å². The Balaban J connectivity index is 1.28. The molecule has 0 atom stereocenters. The maximum Gasteiger partial charge on any atom is 0.227 e. The quantitative estimate of drug-likeness (QED) is 0.198. The van der Waals surface area contributed by atoms with Gasteiger partial charge in [-0.2, -0.15) is 0 Å². The molecule has 0 saturated heterocycles. The number of hydrogen-bond donors (Lipinski definition) is 0. The van der Waals surface area contributed by atoms with Crippen molar-refractivity contribution in [1.82, 2.24) is 4.98 Å². The minimum absolute atomic E-state index is 0.622. The molecule has 3 nitrogen and oxygen atoms in total. The van der Waals surface area contributed by atoms with Gasteiger partial charge in [0.25, 0.3) is 0 Å². The number of nitrogens with zero attached hydrogens (tertiary/aromatic N) is 2. The van der Waals surface area contributed by atoms with Crippen molar-refractivity contribution in [3.63, 3.8) is 0 Å². The van der Waals surface area contributed by atoms with Gasteiger partial charge >= 0.3 is 0 Å². The zero-order chi connectivity index (χ0) is 29.7. The molecule has 0 radical (unpaired) electrons. The van der Waals surface area contributed by atoms with E-state index in [1.165, 1.54) is 31.3 Å². The van der Waals surface area contributed by atoms with Gasteiger partial charge in [0.1, 0.15) is 5.52 Å². The molecular weight excluding hydrogens is 569 g/mol. The first-order chi connectivity index (χ1) is 22.3. The standard InChI is InChI=1S/C41H26N2OS/c1-3-13-27(14-4-1)41-42-40-33-20-8-7-19-32(33)35(26-36(40)44-41)43(29-16-5-2-6-17-29)30-18-11-15-28(25-30)31-22-12-24-38-39(31)34-21-9-10-23-37(34)45-38/h1-26H. The second-order valence-electron chi connectivity index (χ2n) is 11.2. The summed E-state index contributed by atoms with van der Waals surface area (Å²) in [5.74, 6) is 0.622. The van der Waals surface area contributed by atoms with Crippen molar-refractivity contribution < 1.29 is 4.42 Å². The van der Waals surface area contributed by atoms with Crippen molar-refractivity contribution in [2.75, 3.05) is 4.90 Å². The molecule has 0 saturated carbocycles. The van der Waals surface area contributed by atoms with Gasteiger partial charge in [-0.25, -0.2) is 4.98 Å². The number of fused-ring (bicyclic) bond motifs is 6. The zero-order valence-corrected chi connectivity index (χ0v) is 25.0. The average molecular weight is 595 g/mol. The molecule has 0 N–H and O–H groups in total. The summed E-state index contributed by atoms with van der Waals surface area (Å²) in [6, 6.07) is 55.5. The van der Waals surface area contributed by atoms with Gasteiger partial charge in [-0.1, -0.05) is 103 Å². The van der Waals surface area contributed by atoms with Gasteiger partial charge in [0.2, 0.25) is 5.89 Å². The maximum absolute atomic E-state index is 6.46. The van der Waals surface area contributed by atoms with Crippen LogP contribution in [-0.2, 0) is 0 Å². The Morgan fingerprint density at radius 3 is 2.00 bits per heavy atom. The highest BCUT2D eigenvalue weighted by atomic mass is 32.1. The third-order valence-electron chi connectivity index (χ3n) is 8.47. The van der Waals surface area contributed by atoms with E-state index in [-0.39, 0.29) is 0 Å². The first-order valence-corrected chi connectivity index (χ1v) is 15.9. The van der Waals surface area contributed by atoms with Crippen LogP contribution in [0.25, 0.3) is 64.6 Å². The second-order valence-corrected chi connectivity index (χ2v) is 12.3. The fraction of sp³-hybridized carbons (Fsp3) is 0. The van der Waals surface area contributed by atoms with Crippen molar-refractivity contribution in [2.24, 2.45) is 0 Å². The fourth-order valence-electron chi connectivity index (χ4n) is 6.46. The Labute approximate surface area is 264 Å². The highest BCUT2D eigenvalue weighted by Gasteiger charge is 2.21. The zero-order valence-electron chi connectivity index (χ0n) is 24.2. The number of hydrogen-bond acceptors (Lipinski definition) is 4. The first-order valence-electron chi connectivity index (χ1n) is 15.1. The Morgan fingerprint density at radius 1 is 0.511 bits per heavy atom. The predicted molar refractivity (Wildman–Crippen MR) is 190 cm³/mol. The predicted octanol–water partition coefficient (Wildman–Crippen LogP) is 12.2. The van der Waals surface area contributed by atoms with Crippen LogP contribution in [0, 0.1) is 0 Å². The summed E-state index contributed by atoms with van der Waals surface area (Å²) in [6.45, 7) is 0. The van der Waals surface area contributed by atoms with Crippen molar-refractivity contribution in [1.29, 1.82) is 0 Å². The molecule has 0 fully saturated rings. The molecule has 212 valence electrons. The second kappa shape index (κ2) is 10.5. The molecule has 45 heavy (non-hydrogen) atoms. The Kier molecular flexibility index (Phi) is 6.00. The van der Waals surface area contributed by atoms with Crippen LogP contribution in [0.1, 0.15) is 0 Å². The minimum atomic E-state index is 0.622. The smallest absolute Gasteiger partial charge is 0.227 e. The van der Waals surface area contributed by atoms with Crippen LogP contribution in [0.15, 0.2) is 162 Å². The van der Waals surface area contributed by atoms with Gasteiger partial charge in [-0.15, -0.1) is 11.3 Å². The lowest BCUT2D eigenvalue weighted by atomic mass is 9.98. The number of benzene rings is 7. The Bertz CT molecular complexity index is 2500. The van der Waals surface area contributed by atoms with Gasteiger partial charge in [-0.3, -0.25) is 0 Å². The molecule has 0 aliphatic heterocycles. The van der Waals surface area contributed by atoms with Crippen molar-refractivity contribution >= 4 is 70.4 Å². The molecule has 2 aromatic heterocycles. The Morgan fingerprint density at radius 2 is 1.16 bits per heavy atom. The van der Waals surface area contributed by atoms with E-state index in [1.807, 2.05) is 41.7 Å². The molecular formula is C41H26N2OS. The first kappa shape index (κ1) is 25.8. The van der Waals surface area contributed by atoms with Crippen molar-refractivity contribution in [2.45, 2.75) is 0 Å². The van der Waals surface area contributed by atoms with E-state index in [2.05, 4.69) is 132 Å². The topological polar surface area (TPSA) is 29.3 Å². The van der Waals surface area contributed by atoms with Gasteiger partial charge in [0, 0.05) is 53.9 Å². The highest BCUT2D eigenvalue weighted by molar-refractivity contribution is 7.25. The SMILES string of the molecule is c1ccc(-c2nc3c(cc(N(c4ccccc4)c4cccc(-c5cccc6sc7ccccc7c56)c4)c4ccccc43)o2)cc1. The molecule has 9 aromatic rings. The molecule has 0 spiro atoms. The van der Waals surface area contributed by atoms with Gasteiger partial charge in [0.15, 0.2) is 5.58 Å². The summed E-state index contributed by atoms with van der Waals surface area (Å²) in [7, 11) is 0. The molecule has 0 aliphatic rings. The van der Waals surface area contributed by atoms with E-state index in [1.54, 1.807) is 0 Å². The molecule has 2 heterocycles. The third-order valence-corrected chi connectivity index (χ3v) is 9.61. The number of thiophene rings is 1. The average Bonchev–Trinajstić information content (AvgIpc) is 3.72. The molecule has 0 unspecified atom stereocenters. The van der Waals surface area contributed by atoms with E-state index in [0.29, 0.717) is 5.89 Å². The lowest BCUT2D eigenvalue weighted by molar-refractivity contribution is 0.620. The van der Waals surface area contributed by atoms with Crippen LogP contribution >= 0.6 is 11.3 Å². The molecule has 4 heteroatoms. The number of para-hydroxylation sites is 1. The lowest BCUT2D eigenvalue weighted by Gasteiger charge is -2.27. The van der Waals surface area contributed by atoms with E-state index in [9.17, 15) is 0 Å². The monoisotopic (exact) mass is 594 g/mol. The van der Waals surface area contributed by atoms with E-state index in [0.717, 1.165) is 44.5 Å². The van der Waals surface area contributed by atoms with Gasteiger partial charge in [-0.05, 0) is 59.7 Å². The maximum atomic E-state index is 6.46. The van der Waals surface area contributed by atoms with E-state index in [4.69, 9.17) is 9.40 Å². The molecule has 7 aromatic carbocycles. The lowest BCUT2D eigenvalue weighted by Crippen LogP contribution is -2.10. The molecule has 9 rings (SSSR count). The van der Waals surface area contributed by atoms with Gasteiger partial charge < -0.3 is 9.32 Å². The molecule has 0 aliphatic carbocycles. The highest BCUT2D eigenvalue weighted by Crippen LogP contribution is 2.45. The van der Waals surface area contributed by atoms with Crippen LogP contribution in [0.4, 0.5) is 17.1 Å². The fourth-order valence-corrected chi connectivity index (χ4v) is 7.59. The van der Waals surface area contributed by atoms with Crippen molar-refractivity contribution in [3.8, 4) is 22.6 Å². The van der Waals surface area contributed by atoms with Crippen LogP contribution in [0.5, 0.6) is 0 Å². The van der Waals surface area contributed by atoms with Crippen LogP contribution < -0.4 is 4.90 Å². The number of aromatic nitrogens is 1. The molecule has 0 bridgehead atoms. The third kappa shape index (κ3) is 4.30. The van der Waals surface area contributed by atoms with E-state index < -0.39 is 0 Å². The molecule has 0 amide bonds. The van der Waals surface area contributed by atoms with Gasteiger partial charge in [0.05, 0.1) is 5.69 Å². The minimum Gasteiger partial charge on any atom is -0.436 e. The summed E-state index contributed by atoms with van der Waals surface area (Å²) in [4.78, 5) is 7.31. The van der Waals surface area contributed by atoms with Crippen LogP contribution in [0.2, 0.25) is 0 Å². The van der Waals surface area contributed by atoms with Crippen molar-refractivity contribution in [3.05, 3.63) is 158 Å². The normalized spacial score (nSPS) is 11.6. The number of anilines is 3. The largest absolute Gasteiger partial charge is 0.436 e. The summed E-state index contributed by atoms with van der Waals surface area (Å²) in [5.41, 5.74) is 8.18. The summed E-state index contributed by atoms with van der Waals surface area (Å²) < 4.78 is 9.07. The van der Waals surface area contributed by atoms with E-state index >= 15 is 0 Å². The summed E-state index contributed by atoms with van der Waals surface area (Å²) in [6.07, 6.45) is 0. The summed E-state index contributed by atoms with van der Waals surface area (Å²) in [5, 5.41) is 4.78. The number of rotatable bonds is 5. The van der Waals surface area contributed by atoms with Crippen LogP contribution in [0.3, 0.4) is 0 Å².